The van der Waals surface area contributed by atoms with E-state index in [0.29, 0.717) is 11.3 Å². The van der Waals surface area contributed by atoms with Gasteiger partial charge in [0.25, 0.3) is 0 Å². The molecule has 0 fully saturated rings. The second kappa shape index (κ2) is 3.33. The molecule has 0 bridgehead atoms. The fraction of sp³-hybridized carbons (Fsp3) is 0.333. The van der Waals surface area contributed by atoms with Gasteiger partial charge in [0.05, 0.1) is 11.0 Å². The van der Waals surface area contributed by atoms with Crippen LogP contribution in [0.2, 0.25) is 0 Å². The molecule has 1 aromatic heterocycles. The first-order chi connectivity index (χ1) is 7.41. The summed E-state index contributed by atoms with van der Waals surface area (Å²) >= 11 is 0. The lowest BCUT2D eigenvalue weighted by Gasteiger charge is -2.17. The summed E-state index contributed by atoms with van der Waals surface area (Å²) in [4.78, 5) is 15.7. The predicted molar refractivity (Wildman–Crippen MR) is 61.9 cm³/mol. The summed E-state index contributed by atoms with van der Waals surface area (Å²) in [6, 6.07) is 7.26. The quantitative estimate of drug-likeness (QED) is 0.739. The Morgan fingerprint density at radius 2 is 1.94 bits per heavy atom. The van der Waals surface area contributed by atoms with Gasteiger partial charge in [-0.15, -0.1) is 0 Å². The molecule has 16 heavy (non-hydrogen) atoms. The Hall–Kier alpha value is -1.84. The van der Waals surface area contributed by atoms with Crippen LogP contribution in [0.4, 0.5) is 4.79 Å². The van der Waals surface area contributed by atoms with E-state index in [-0.39, 0.29) is 5.41 Å². The molecule has 0 aliphatic rings. The summed E-state index contributed by atoms with van der Waals surface area (Å²) in [6.07, 6.45) is -0.987. The Morgan fingerprint density at radius 3 is 2.50 bits per heavy atom. The number of aromatic nitrogens is 2. The molecule has 0 atom stereocenters. The number of hydrogen-bond donors (Lipinski definition) is 1. The number of carbonyl (C=O) groups is 1. The first-order valence-corrected chi connectivity index (χ1v) is 5.12. The molecule has 0 radical (unpaired) electrons. The van der Waals surface area contributed by atoms with Crippen molar-refractivity contribution in [2.75, 3.05) is 0 Å². The topological polar surface area (TPSA) is 55.1 Å². The molecule has 0 aliphatic heterocycles. The predicted octanol–water partition coefficient (Wildman–Crippen LogP) is 2.86. The van der Waals surface area contributed by atoms with Crippen LogP contribution < -0.4 is 0 Å². The molecule has 0 aliphatic carbocycles. The zero-order valence-electron chi connectivity index (χ0n) is 9.56. The first kappa shape index (κ1) is 10.7. The van der Waals surface area contributed by atoms with E-state index in [4.69, 9.17) is 0 Å². The average Bonchev–Trinajstić information content (AvgIpc) is 2.55. The molecule has 1 aromatic carbocycles. The summed E-state index contributed by atoms with van der Waals surface area (Å²) in [5.41, 5.74) is 1.06. The van der Waals surface area contributed by atoms with Crippen LogP contribution in [-0.4, -0.2) is 20.8 Å². The number of carboxylic acid groups (broad SMARTS) is 1. The molecule has 84 valence electrons. The Kier molecular flexibility index (Phi) is 2.22. The molecule has 0 amide bonds. The summed E-state index contributed by atoms with van der Waals surface area (Å²) in [6.45, 7) is 5.86. The number of imidazole rings is 1. The van der Waals surface area contributed by atoms with Crippen LogP contribution in [0, 0.1) is 0 Å². The molecular formula is C12H14N2O2. The van der Waals surface area contributed by atoms with Gasteiger partial charge in [0.15, 0.2) is 0 Å². The van der Waals surface area contributed by atoms with Gasteiger partial charge >= 0.3 is 6.09 Å². The van der Waals surface area contributed by atoms with Crippen molar-refractivity contribution in [2.24, 2.45) is 0 Å². The van der Waals surface area contributed by atoms with Gasteiger partial charge in [-0.3, -0.25) is 0 Å². The van der Waals surface area contributed by atoms with Crippen molar-refractivity contribution in [3.05, 3.63) is 30.1 Å². The van der Waals surface area contributed by atoms with Crippen molar-refractivity contribution in [3.8, 4) is 0 Å². The van der Waals surface area contributed by atoms with Crippen LogP contribution in [0.3, 0.4) is 0 Å². The Labute approximate surface area is 93.5 Å². The largest absolute Gasteiger partial charge is 0.464 e. The van der Waals surface area contributed by atoms with Gasteiger partial charge in [-0.25, -0.2) is 14.3 Å². The van der Waals surface area contributed by atoms with Gasteiger partial charge in [0, 0.05) is 5.41 Å². The molecule has 0 spiro atoms. The normalized spacial score (nSPS) is 11.9. The van der Waals surface area contributed by atoms with Crippen molar-refractivity contribution in [3.63, 3.8) is 0 Å². The number of rotatable bonds is 0. The molecule has 0 unspecified atom stereocenters. The lowest BCUT2D eigenvalue weighted by Crippen LogP contribution is -2.22. The molecule has 1 N–H and O–H groups in total. The van der Waals surface area contributed by atoms with Gasteiger partial charge in [0.1, 0.15) is 5.82 Å². The van der Waals surface area contributed by atoms with Crippen molar-refractivity contribution < 1.29 is 9.90 Å². The van der Waals surface area contributed by atoms with Crippen molar-refractivity contribution >= 4 is 17.1 Å². The molecule has 0 saturated carbocycles. The fourth-order valence-corrected chi connectivity index (χ4v) is 1.72. The van der Waals surface area contributed by atoms with Crippen molar-refractivity contribution in [1.29, 1.82) is 0 Å². The van der Waals surface area contributed by atoms with Crippen LogP contribution in [0.15, 0.2) is 24.3 Å². The van der Waals surface area contributed by atoms with Gasteiger partial charge in [-0.2, -0.15) is 0 Å². The zero-order chi connectivity index (χ0) is 11.9. The fourth-order valence-electron chi connectivity index (χ4n) is 1.72. The minimum Gasteiger partial charge on any atom is -0.464 e. The maximum atomic E-state index is 11.3. The van der Waals surface area contributed by atoms with E-state index in [1.54, 1.807) is 6.07 Å². The number of nitrogens with zero attached hydrogens (tertiary/aromatic N) is 2. The molecule has 4 nitrogen and oxygen atoms in total. The van der Waals surface area contributed by atoms with Gasteiger partial charge < -0.3 is 5.11 Å². The van der Waals surface area contributed by atoms with Crippen LogP contribution >= 0.6 is 0 Å². The first-order valence-electron chi connectivity index (χ1n) is 5.12. The highest BCUT2D eigenvalue weighted by Gasteiger charge is 2.25. The van der Waals surface area contributed by atoms with E-state index in [9.17, 15) is 9.90 Å². The number of para-hydroxylation sites is 2. The Bertz CT molecular complexity index is 550. The average molecular weight is 218 g/mol. The highest BCUT2D eigenvalue weighted by molar-refractivity contribution is 5.86. The standard InChI is InChI=1S/C12H14N2O2/c1-12(2,3)10-13-8-6-4-5-7-9(8)14(10)11(15)16/h4-7H,1-3H3,(H,15,16). The van der Waals surface area contributed by atoms with Gasteiger partial charge in [-0.1, -0.05) is 32.9 Å². The minimum absolute atomic E-state index is 0.294. The molecule has 2 aromatic rings. The van der Waals surface area contributed by atoms with Gasteiger partial charge in [0.2, 0.25) is 0 Å². The maximum Gasteiger partial charge on any atom is 0.417 e. The van der Waals surface area contributed by atoms with Crippen LogP contribution in [0.1, 0.15) is 26.6 Å². The Balaban J connectivity index is 2.84. The van der Waals surface area contributed by atoms with E-state index in [2.05, 4.69) is 4.98 Å². The minimum atomic E-state index is -0.987. The Morgan fingerprint density at radius 1 is 1.31 bits per heavy atom. The van der Waals surface area contributed by atoms with E-state index in [0.717, 1.165) is 5.52 Å². The monoisotopic (exact) mass is 218 g/mol. The van der Waals surface area contributed by atoms with Crippen molar-refractivity contribution in [1.82, 2.24) is 9.55 Å². The van der Waals surface area contributed by atoms with E-state index >= 15 is 0 Å². The molecule has 4 heteroatoms. The lowest BCUT2D eigenvalue weighted by atomic mass is 9.96. The molecule has 1 heterocycles. The summed E-state index contributed by atoms with van der Waals surface area (Å²) in [7, 11) is 0. The van der Waals surface area contributed by atoms with Crippen LogP contribution in [-0.2, 0) is 5.41 Å². The smallest absolute Gasteiger partial charge is 0.417 e. The highest BCUT2D eigenvalue weighted by atomic mass is 16.4. The second-order valence-corrected chi connectivity index (χ2v) is 4.79. The van der Waals surface area contributed by atoms with E-state index < -0.39 is 6.09 Å². The molecule has 2 rings (SSSR count). The van der Waals surface area contributed by atoms with Gasteiger partial charge in [-0.05, 0) is 12.1 Å². The SMILES string of the molecule is CC(C)(C)c1nc2ccccc2n1C(=O)O. The lowest BCUT2D eigenvalue weighted by molar-refractivity contribution is 0.195. The summed E-state index contributed by atoms with van der Waals surface area (Å²) in [5.74, 6) is 0.571. The third-order valence-electron chi connectivity index (χ3n) is 2.42. The number of fused-ring (bicyclic) bond motifs is 1. The molecule has 0 saturated heterocycles. The second-order valence-electron chi connectivity index (χ2n) is 4.79. The number of benzene rings is 1. The van der Waals surface area contributed by atoms with Crippen LogP contribution in [0.5, 0.6) is 0 Å². The maximum absolute atomic E-state index is 11.3. The number of hydrogen-bond acceptors (Lipinski definition) is 2. The third-order valence-corrected chi connectivity index (χ3v) is 2.42. The zero-order valence-corrected chi connectivity index (χ0v) is 9.56. The molecular weight excluding hydrogens is 204 g/mol. The highest BCUT2D eigenvalue weighted by Crippen LogP contribution is 2.25. The third kappa shape index (κ3) is 1.56. The van der Waals surface area contributed by atoms with E-state index in [1.807, 2.05) is 39.0 Å². The summed E-state index contributed by atoms with van der Waals surface area (Å²) in [5, 5.41) is 9.24. The van der Waals surface area contributed by atoms with Crippen molar-refractivity contribution in [2.45, 2.75) is 26.2 Å². The van der Waals surface area contributed by atoms with Crippen LogP contribution in [0.25, 0.3) is 11.0 Å². The summed E-state index contributed by atoms with van der Waals surface area (Å²) < 4.78 is 1.26. The van der Waals surface area contributed by atoms with E-state index in [1.165, 1.54) is 4.57 Å².